The molecule has 1 amide bonds. The van der Waals surface area contributed by atoms with Crippen molar-refractivity contribution >= 4 is 5.91 Å². The van der Waals surface area contributed by atoms with Crippen molar-refractivity contribution in [3.8, 4) is 11.6 Å². The number of halogens is 1. The molecule has 0 radical (unpaired) electrons. The van der Waals surface area contributed by atoms with Crippen LogP contribution in [0.3, 0.4) is 0 Å². The number of benzene rings is 1. The monoisotopic (exact) mass is 315 g/mol. The molecule has 1 aliphatic rings. The molecule has 2 N–H and O–H groups in total. The van der Waals surface area contributed by atoms with E-state index < -0.39 is 0 Å². The molecule has 120 valence electrons. The first-order valence-corrected chi connectivity index (χ1v) is 7.61. The van der Waals surface area contributed by atoms with E-state index in [2.05, 4.69) is 15.6 Å². The highest BCUT2D eigenvalue weighted by atomic mass is 19.1. The van der Waals surface area contributed by atoms with Crippen LogP contribution in [0.1, 0.15) is 18.4 Å². The predicted molar refractivity (Wildman–Crippen MR) is 83.6 cm³/mol. The Balaban J connectivity index is 1.66. The largest absolute Gasteiger partial charge is 0.439 e. The predicted octanol–water partition coefficient (Wildman–Crippen LogP) is 2.38. The lowest BCUT2D eigenvalue weighted by atomic mass is 10.2. The second kappa shape index (κ2) is 7.19. The molecular weight excluding hydrogens is 297 g/mol. The lowest BCUT2D eigenvalue weighted by molar-refractivity contribution is -0.122. The fraction of sp³-hybridized carbons (Fsp3) is 0.294. The highest BCUT2D eigenvalue weighted by Crippen LogP contribution is 2.23. The smallest absolute Gasteiger partial charge is 0.237 e. The molecular formula is C17H18FN3O2. The van der Waals surface area contributed by atoms with Gasteiger partial charge in [-0.05, 0) is 37.6 Å². The van der Waals surface area contributed by atoms with Gasteiger partial charge in [0.25, 0.3) is 0 Å². The summed E-state index contributed by atoms with van der Waals surface area (Å²) in [5, 5.41) is 6.04. The van der Waals surface area contributed by atoms with E-state index in [0.29, 0.717) is 18.2 Å². The van der Waals surface area contributed by atoms with Crippen LogP contribution in [0.25, 0.3) is 0 Å². The van der Waals surface area contributed by atoms with Crippen molar-refractivity contribution in [1.29, 1.82) is 0 Å². The van der Waals surface area contributed by atoms with Gasteiger partial charge in [0.15, 0.2) is 0 Å². The average molecular weight is 315 g/mol. The maximum Gasteiger partial charge on any atom is 0.237 e. The van der Waals surface area contributed by atoms with Crippen LogP contribution in [0, 0.1) is 5.82 Å². The minimum Gasteiger partial charge on any atom is -0.439 e. The van der Waals surface area contributed by atoms with Crippen molar-refractivity contribution < 1.29 is 13.9 Å². The fourth-order valence-electron chi connectivity index (χ4n) is 2.51. The van der Waals surface area contributed by atoms with Gasteiger partial charge in [0.1, 0.15) is 11.6 Å². The summed E-state index contributed by atoms with van der Waals surface area (Å²) >= 11 is 0. The van der Waals surface area contributed by atoms with Gasteiger partial charge in [-0.25, -0.2) is 9.37 Å². The molecule has 0 bridgehead atoms. The minimum absolute atomic E-state index is 0.0249. The number of amides is 1. The number of carbonyl (C=O) groups excluding carboxylic acids is 1. The normalized spacial score (nSPS) is 17.0. The van der Waals surface area contributed by atoms with E-state index in [1.54, 1.807) is 24.4 Å². The fourth-order valence-corrected chi connectivity index (χ4v) is 2.51. The topological polar surface area (TPSA) is 63.2 Å². The van der Waals surface area contributed by atoms with Gasteiger partial charge in [-0.2, -0.15) is 0 Å². The number of hydrogen-bond donors (Lipinski definition) is 2. The molecule has 1 saturated heterocycles. The van der Waals surface area contributed by atoms with Crippen LogP contribution in [0.15, 0.2) is 42.6 Å². The molecule has 0 saturated carbocycles. The molecule has 1 aromatic carbocycles. The molecule has 3 rings (SSSR count). The molecule has 2 heterocycles. The SMILES string of the molecule is O=C(NCc1cccnc1Oc1cccc(F)c1)C1CCCN1. The Morgan fingerprint density at radius 1 is 1.39 bits per heavy atom. The summed E-state index contributed by atoms with van der Waals surface area (Å²) in [5.41, 5.74) is 0.739. The van der Waals surface area contributed by atoms with Crippen molar-refractivity contribution in [2.75, 3.05) is 6.54 Å². The van der Waals surface area contributed by atoms with E-state index >= 15 is 0 Å². The number of hydrogen-bond acceptors (Lipinski definition) is 4. The maximum absolute atomic E-state index is 13.2. The Hall–Kier alpha value is -2.47. The summed E-state index contributed by atoms with van der Waals surface area (Å²) in [6.45, 7) is 1.19. The summed E-state index contributed by atoms with van der Waals surface area (Å²) in [6, 6.07) is 9.33. The molecule has 1 aliphatic heterocycles. The van der Waals surface area contributed by atoms with E-state index in [-0.39, 0.29) is 17.8 Å². The molecule has 1 unspecified atom stereocenters. The molecule has 23 heavy (non-hydrogen) atoms. The molecule has 1 aromatic heterocycles. The van der Waals surface area contributed by atoms with Gasteiger partial charge in [-0.15, -0.1) is 0 Å². The van der Waals surface area contributed by atoms with Gasteiger partial charge in [-0.3, -0.25) is 4.79 Å². The summed E-state index contributed by atoms with van der Waals surface area (Å²) in [5.74, 6) is 0.329. The highest BCUT2D eigenvalue weighted by Gasteiger charge is 2.21. The molecule has 2 aromatic rings. The van der Waals surface area contributed by atoms with Gasteiger partial charge in [0, 0.05) is 24.4 Å². The molecule has 1 fully saturated rings. The van der Waals surface area contributed by atoms with E-state index in [1.807, 2.05) is 6.07 Å². The van der Waals surface area contributed by atoms with Crippen LogP contribution in [0.4, 0.5) is 4.39 Å². The van der Waals surface area contributed by atoms with Crippen molar-refractivity contribution in [1.82, 2.24) is 15.6 Å². The first-order chi connectivity index (χ1) is 11.2. The Bertz CT molecular complexity index is 687. The second-order valence-corrected chi connectivity index (χ2v) is 5.39. The van der Waals surface area contributed by atoms with Crippen LogP contribution in [-0.4, -0.2) is 23.5 Å². The standard InChI is InChI=1S/C17H18FN3O2/c18-13-5-1-6-14(10-13)23-17-12(4-2-9-20-17)11-21-16(22)15-7-3-8-19-15/h1-2,4-6,9-10,15,19H,3,7-8,11H2,(H,21,22). The van der Waals surface area contributed by atoms with Gasteiger partial charge in [-0.1, -0.05) is 12.1 Å². The van der Waals surface area contributed by atoms with Crippen molar-refractivity contribution in [2.24, 2.45) is 0 Å². The summed E-state index contributed by atoms with van der Waals surface area (Å²) in [6.07, 6.45) is 3.46. The Kier molecular flexibility index (Phi) is 4.83. The Morgan fingerprint density at radius 2 is 2.30 bits per heavy atom. The first kappa shape index (κ1) is 15.4. The van der Waals surface area contributed by atoms with E-state index in [1.165, 1.54) is 12.1 Å². The second-order valence-electron chi connectivity index (χ2n) is 5.39. The zero-order valence-corrected chi connectivity index (χ0v) is 12.6. The van der Waals surface area contributed by atoms with Gasteiger partial charge in [0.2, 0.25) is 11.8 Å². The molecule has 6 heteroatoms. The zero-order valence-electron chi connectivity index (χ0n) is 12.6. The van der Waals surface area contributed by atoms with Gasteiger partial charge >= 0.3 is 0 Å². The number of nitrogens with zero attached hydrogens (tertiary/aromatic N) is 1. The van der Waals surface area contributed by atoms with Crippen LogP contribution in [-0.2, 0) is 11.3 Å². The molecule has 5 nitrogen and oxygen atoms in total. The van der Waals surface area contributed by atoms with E-state index in [0.717, 1.165) is 24.9 Å². The van der Waals surface area contributed by atoms with Gasteiger partial charge < -0.3 is 15.4 Å². The van der Waals surface area contributed by atoms with Crippen LogP contribution in [0.2, 0.25) is 0 Å². The number of pyridine rings is 1. The third-order valence-corrected chi connectivity index (χ3v) is 3.69. The van der Waals surface area contributed by atoms with Crippen molar-refractivity contribution in [3.63, 3.8) is 0 Å². The number of ether oxygens (including phenoxy) is 1. The Labute approximate surface area is 133 Å². The van der Waals surface area contributed by atoms with E-state index in [4.69, 9.17) is 4.74 Å². The zero-order chi connectivity index (χ0) is 16.1. The minimum atomic E-state index is -0.374. The van der Waals surface area contributed by atoms with E-state index in [9.17, 15) is 9.18 Å². The third kappa shape index (κ3) is 4.04. The number of carbonyl (C=O) groups is 1. The summed E-state index contributed by atoms with van der Waals surface area (Å²) in [7, 11) is 0. The van der Waals surface area contributed by atoms with Crippen LogP contribution < -0.4 is 15.4 Å². The van der Waals surface area contributed by atoms with Gasteiger partial charge in [0.05, 0.1) is 6.04 Å². The quantitative estimate of drug-likeness (QED) is 0.889. The van der Waals surface area contributed by atoms with Crippen LogP contribution >= 0.6 is 0 Å². The molecule has 1 atom stereocenters. The summed E-state index contributed by atoms with van der Waals surface area (Å²) in [4.78, 5) is 16.2. The molecule has 0 spiro atoms. The lowest BCUT2D eigenvalue weighted by Gasteiger charge is -2.13. The highest BCUT2D eigenvalue weighted by molar-refractivity contribution is 5.82. The maximum atomic E-state index is 13.2. The van der Waals surface area contributed by atoms with Crippen LogP contribution in [0.5, 0.6) is 11.6 Å². The van der Waals surface area contributed by atoms with Crippen molar-refractivity contribution in [3.05, 3.63) is 54.0 Å². The van der Waals surface area contributed by atoms with Crippen molar-refractivity contribution in [2.45, 2.75) is 25.4 Å². The Morgan fingerprint density at radius 3 is 3.09 bits per heavy atom. The number of nitrogens with one attached hydrogen (secondary N) is 2. The number of aromatic nitrogens is 1. The number of rotatable bonds is 5. The molecule has 0 aliphatic carbocycles. The average Bonchev–Trinajstić information content (AvgIpc) is 3.08. The lowest BCUT2D eigenvalue weighted by Crippen LogP contribution is -2.40. The first-order valence-electron chi connectivity index (χ1n) is 7.61. The summed E-state index contributed by atoms with van der Waals surface area (Å²) < 4.78 is 18.9. The third-order valence-electron chi connectivity index (χ3n) is 3.69.